The van der Waals surface area contributed by atoms with Crippen LogP contribution in [0.1, 0.15) is 0 Å². The lowest BCUT2D eigenvalue weighted by atomic mass is 10.3. The number of halogens is 1. The number of ether oxygens (including phenoxy) is 1. The standard InChI is InChI=1S/C8H10ClNO2/c9-7-2-1-3-8(6-7)12-5-4-10-11/h1-3,6,10-11H,4-5H2. The predicted molar refractivity (Wildman–Crippen MR) is 46.7 cm³/mol. The molecular formula is C8H10ClNO2. The normalized spacial score (nSPS) is 9.83. The van der Waals surface area contributed by atoms with E-state index in [0.29, 0.717) is 23.9 Å². The van der Waals surface area contributed by atoms with Crippen LogP contribution in [-0.4, -0.2) is 18.4 Å². The van der Waals surface area contributed by atoms with Gasteiger partial charge in [0, 0.05) is 5.02 Å². The first-order valence-electron chi connectivity index (χ1n) is 3.58. The van der Waals surface area contributed by atoms with Crippen LogP contribution in [0.25, 0.3) is 0 Å². The predicted octanol–water partition coefficient (Wildman–Crippen LogP) is 1.70. The molecular weight excluding hydrogens is 178 g/mol. The van der Waals surface area contributed by atoms with E-state index < -0.39 is 0 Å². The molecule has 0 fully saturated rings. The van der Waals surface area contributed by atoms with Crippen LogP contribution in [0.3, 0.4) is 0 Å². The fourth-order valence-electron chi connectivity index (χ4n) is 0.771. The van der Waals surface area contributed by atoms with Gasteiger partial charge in [-0.05, 0) is 18.2 Å². The molecule has 0 amide bonds. The second-order valence-electron chi connectivity index (χ2n) is 2.21. The van der Waals surface area contributed by atoms with Gasteiger partial charge >= 0.3 is 0 Å². The van der Waals surface area contributed by atoms with Gasteiger partial charge in [0.05, 0.1) is 6.54 Å². The van der Waals surface area contributed by atoms with Crippen LogP contribution >= 0.6 is 11.6 Å². The van der Waals surface area contributed by atoms with E-state index in [-0.39, 0.29) is 0 Å². The van der Waals surface area contributed by atoms with E-state index in [4.69, 9.17) is 21.5 Å². The Morgan fingerprint density at radius 1 is 1.50 bits per heavy atom. The third kappa shape index (κ3) is 3.09. The molecule has 4 heteroatoms. The Bertz CT molecular complexity index is 242. The van der Waals surface area contributed by atoms with Crippen LogP contribution in [0, 0.1) is 0 Å². The van der Waals surface area contributed by atoms with E-state index in [1.165, 1.54) is 0 Å². The average molecular weight is 188 g/mol. The summed E-state index contributed by atoms with van der Waals surface area (Å²) in [5, 5.41) is 8.89. The zero-order valence-corrected chi connectivity index (χ0v) is 7.21. The lowest BCUT2D eigenvalue weighted by Gasteiger charge is -2.04. The fraction of sp³-hybridized carbons (Fsp3) is 0.250. The number of hydrogen-bond acceptors (Lipinski definition) is 3. The third-order valence-electron chi connectivity index (χ3n) is 1.28. The van der Waals surface area contributed by atoms with Crippen molar-refractivity contribution in [3.63, 3.8) is 0 Å². The van der Waals surface area contributed by atoms with E-state index in [2.05, 4.69) is 0 Å². The van der Waals surface area contributed by atoms with Gasteiger partial charge in [-0.25, -0.2) is 5.48 Å². The van der Waals surface area contributed by atoms with Crippen molar-refractivity contribution < 1.29 is 9.94 Å². The second-order valence-corrected chi connectivity index (χ2v) is 2.65. The topological polar surface area (TPSA) is 41.5 Å². The summed E-state index contributed by atoms with van der Waals surface area (Å²) in [6.07, 6.45) is 0. The van der Waals surface area contributed by atoms with Crippen molar-refractivity contribution in [2.24, 2.45) is 0 Å². The van der Waals surface area contributed by atoms with Gasteiger partial charge < -0.3 is 9.94 Å². The first-order valence-corrected chi connectivity index (χ1v) is 3.96. The number of hydroxylamine groups is 1. The zero-order chi connectivity index (χ0) is 8.81. The minimum atomic E-state index is 0.395. The van der Waals surface area contributed by atoms with E-state index in [1.807, 2.05) is 17.6 Å². The van der Waals surface area contributed by atoms with Gasteiger partial charge in [0.15, 0.2) is 0 Å². The smallest absolute Gasteiger partial charge is 0.120 e. The van der Waals surface area contributed by atoms with E-state index in [0.717, 1.165) is 0 Å². The second kappa shape index (κ2) is 4.98. The quantitative estimate of drug-likeness (QED) is 0.557. The van der Waals surface area contributed by atoms with E-state index in [1.54, 1.807) is 12.1 Å². The summed E-state index contributed by atoms with van der Waals surface area (Å²) in [6.45, 7) is 0.809. The molecule has 0 radical (unpaired) electrons. The minimum absolute atomic E-state index is 0.395. The minimum Gasteiger partial charge on any atom is -0.492 e. The lowest BCUT2D eigenvalue weighted by Crippen LogP contribution is -2.16. The number of hydrogen-bond donors (Lipinski definition) is 2. The van der Waals surface area contributed by atoms with Gasteiger partial charge in [-0.1, -0.05) is 17.7 Å². The molecule has 1 rings (SSSR count). The highest BCUT2D eigenvalue weighted by atomic mass is 35.5. The van der Waals surface area contributed by atoms with Crippen molar-refractivity contribution in [1.29, 1.82) is 0 Å². The Labute approximate surface area is 75.9 Å². The van der Waals surface area contributed by atoms with Crippen LogP contribution in [0.15, 0.2) is 24.3 Å². The first kappa shape index (κ1) is 9.32. The van der Waals surface area contributed by atoms with Gasteiger partial charge in [0.2, 0.25) is 0 Å². The molecule has 0 saturated carbocycles. The van der Waals surface area contributed by atoms with Crippen LogP contribution in [0.4, 0.5) is 0 Å². The molecule has 0 bridgehead atoms. The monoisotopic (exact) mass is 187 g/mol. The van der Waals surface area contributed by atoms with Crippen LogP contribution in [-0.2, 0) is 0 Å². The van der Waals surface area contributed by atoms with Crippen LogP contribution in [0.5, 0.6) is 5.75 Å². The van der Waals surface area contributed by atoms with E-state index >= 15 is 0 Å². The number of nitrogens with one attached hydrogen (secondary N) is 1. The van der Waals surface area contributed by atoms with Crippen LogP contribution in [0.2, 0.25) is 5.02 Å². The lowest BCUT2D eigenvalue weighted by molar-refractivity contribution is 0.145. The Balaban J connectivity index is 2.41. The van der Waals surface area contributed by atoms with E-state index in [9.17, 15) is 0 Å². The fourth-order valence-corrected chi connectivity index (χ4v) is 0.952. The van der Waals surface area contributed by atoms with Gasteiger partial charge in [-0.3, -0.25) is 0 Å². The van der Waals surface area contributed by atoms with Crippen molar-refractivity contribution in [1.82, 2.24) is 5.48 Å². The molecule has 12 heavy (non-hydrogen) atoms. The van der Waals surface area contributed by atoms with Crippen molar-refractivity contribution >= 4 is 11.6 Å². The first-order chi connectivity index (χ1) is 5.83. The summed E-state index contributed by atoms with van der Waals surface area (Å²) in [5.74, 6) is 0.706. The SMILES string of the molecule is ONCCOc1cccc(Cl)c1. The maximum atomic E-state index is 8.24. The van der Waals surface area contributed by atoms with Gasteiger partial charge in [0.25, 0.3) is 0 Å². The molecule has 0 aliphatic rings. The Hall–Kier alpha value is -0.770. The molecule has 0 saturated heterocycles. The number of benzene rings is 1. The maximum Gasteiger partial charge on any atom is 0.120 e. The van der Waals surface area contributed by atoms with Gasteiger partial charge in [-0.2, -0.15) is 0 Å². The van der Waals surface area contributed by atoms with Crippen LogP contribution < -0.4 is 10.2 Å². The molecule has 0 atom stereocenters. The highest BCUT2D eigenvalue weighted by molar-refractivity contribution is 6.30. The highest BCUT2D eigenvalue weighted by Crippen LogP contribution is 2.16. The summed E-state index contributed by atoms with van der Waals surface area (Å²) in [6, 6.07) is 7.12. The molecule has 1 aromatic rings. The summed E-state index contributed by atoms with van der Waals surface area (Å²) >= 11 is 5.71. The van der Waals surface area contributed by atoms with Crippen molar-refractivity contribution in [3.8, 4) is 5.75 Å². The molecule has 66 valence electrons. The van der Waals surface area contributed by atoms with Crippen molar-refractivity contribution in [2.45, 2.75) is 0 Å². The molecule has 0 aliphatic heterocycles. The highest BCUT2D eigenvalue weighted by Gasteiger charge is 1.93. The van der Waals surface area contributed by atoms with Gasteiger partial charge in [-0.15, -0.1) is 0 Å². The molecule has 3 nitrogen and oxygen atoms in total. The summed E-state index contributed by atoms with van der Waals surface area (Å²) in [4.78, 5) is 0. The van der Waals surface area contributed by atoms with Crippen molar-refractivity contribution in [2.75, 3.05) is 13.2 Å². The summed E-state index contributed by atoms with van der Waals surface area (Å²) < 4.78 is 5.22. The molecule has 0 heterocycles. The molecule has 1 aromatic carbocycles. The Morgan fingerprint density at radius 3 is 3.00 bits per heavy atom. The summed E-state index contributed by atoms with van der Waals surface area (Å²) in [7, 11) is 0. The zero-order valence-electron chi connectivity index (χ0n) is 6.46. The molecule has 0 spiro atoms. The van der Waals surface area contributed by atoms with Gasteiger partial charge in [0.1, 0.15) is 12.4 Å². The molecule has 0 aromatic heterocycles. The summed E-state index contributed by atoms with van der Waals surface area (Å²) in [5.41, 5.74) is 1.99. The molecule has 2 N–H and O–H groups in total. The van der Waals surface area contributed by atoms with Crippen molar-refractivity contribution in [3.05, 3.63) is 29.3 Å². The molecule has 0 unspecified atom stereocenters. The maximum absolute atomic E-state index is 8.24. The third-order valence-corrected chi connectivity index (χ3v) is 1.51. The largest absolute Gasteiger partial charge is 0.492 e. The Kier molecular flexibility index (Phi) is 3.87. The Morgan fingerprint density at radius 2 is 2.33 bits per heavy atom. The average Bonchev–Trinajstić information content (AvgIpc) is 2.05. The molecule has 0 aliphatic carbocycles. The number of rotatable bonds is 4.